The molecule has 2 rings (SSSR count). The first-order chi connectivity index (χ1) is 9.56. The van der Waals surface area contributed by atoms with Crippen LogP contribution in [0.2, 0.25) is 6.82 Å². The van der Waals surface area contributed by atoms with Gasteiger partial charge in [-0.25, -0.2) is 0 Å². The van der Waals surface area contributed by atoms with Crippen molar-refractivity contribution in [2.24, 2.45) is 0 Å². The van der Waals surface area contributed by atoms with Crippen LogP contribution < -0.4 is 5.32 Å². The predicted octanol–water partition coefficient (Wildman–Crippen LogP) is 2.44. The highest BCUT2D eigenvalue weighted by molar-refractivity contribution is 9.10. The van der Waals surface area contributed by atoms with Crippen LogP contribution in [0.3, 0.4) is 0 Å². The fourth-order valence-electron chi connectivity index (χ4n) is 2.38. The summed E-state index contributed by atoms with van der Waals surface area (Å²) in [6.07, 6.45) is 3.87. The van der Waals surface area contributed by atoms with Gasteiger partial charge in [0.05, 0.1) is 0 Å². The van der Waals surface area contributed by atoms with Crippen molar-refractivity contribution in [3.8, 4) is 12.3 Å². The summed E-state index contributed by atoms with van der Waals surface area (Å²) in [6.45, 7) is 3.32. The van der Waals surface area contributed by atoms with Gasteiger partial charge in [-0.15, -0.1) is 6.40 Å². The number of piperidine rings is 1. The zero-order valence-corrected chi connectivity index (χ0v) is 12.6. The topological polar surface area (TPSA) is 35.5 Å². The van der Waals surface area contributed by atoms with Gasteiger partial charge in [0.25, 0.3) is 0 Å². The molecule has 0 saturated carbocycles. The molecule has 0 aromatic heterocycles. The molecule has 0 bridgehead atoms. The number of hydrogen-bond acceptors (Lipinski definition) is 3. The van der Waals surface area contributed by atoms with Gasteiger partial charge in [-0.05, 0) is 60.8 Å². The summed E-state index contributed by atoms with van der Waals surface area (Å²) >= 11 is 3.53. The molecule has 0 aliphatic carbocycles. The number of terminal acetylenes is 1. The molecule has 2 N–H and O–H groups in total. The van der Waals surface area contributed by atoms with Crippen molar-refractivity contribution >= 4 is 28.7 Å². The van der Waals surface area contributed by atoms with Gasteiger partial charge < -0.3 is 15.2 Å². The van der Waals surface area contributed by atoms with E-state index in [0.717, 1.165) is 36.1 Å². The summed E-state index contributed by atoms with van der Waals surface area (Å²) in [5, 5.41) is 13.1. The monoisotopic (exact) mass is 322 g/mol. The first-order valence-electron chi connectivity index (χ1n) is 6.95. The molecule has 3 nitrogen and oxygen atoms in total. The highest BCUT2D eigenvalue weighted by atomic mass is 79.9. The predicted molar refractivity (Wildman–Crippen MR) is 84.0 cm³/mol. The van der Waals surface area contributed by atoms with Gasteiger partial charge in [-0.3, -0.25) is 0 Å². The number of benzene rings is 1. The molecule has 1 fully saturated rings. The highest BCUT2D eigenvalue weighted by Crippen LogP contribution is 2.30. The lowest BCUT2D eigenvalue weighted by atomic mass is 9.78. The van der Waals surface area contributed by atoms with Crippen LogP contribution in [0.25, 0.3) is 0 Å². The SMILES string of the molecule is [3H]C#CC1(Nc2ccccc2Br)CCN(B(C)O)CC1. The molecule has 1 aromatic rings. The summed E-state index contributed by atoms with van der Waals surface area (Å²) in [4.78, 5) is 2.02. The molecule has 0 amide bonds. The van der Waals surface area contributed by atoms with E-state index in [9.17, 15) is 5.02 Å². The number of halogens is 1. The molecule has 0 spiro atoms. The van der Waals surface area contributed by atoms with Crippen molar-refractivity contribution < 1.29 is 6.39 Å². The van der Waals surface area contributed by atoms with Crippen molar-refractivity contribution in [3.05, 3.63) is 28.7 Å². The van der Waals surface area contributed by atoms with E-state index in [1.54, 1.807) is 6.82 Å². The van der Waals surface area contributed by atoms with Crippen LogP contribution in [0.5, 0.6) is 0 Å². The van der Waals surface area contributed by atoms with Gasteiger partial charge in [0, 0.05) is 10.2 Å². The maximum Gasteiger partial charge on any atom is 0.376 e. The van der Waals surface area contributed by atoms with Gasteiger partial charge in [-0.1, -0.05) is 18.1 Å². The quantitative estimate of drug-likeness (QED) is 0.663. The van der Waals surface area contributed by atoms with Gasteiger partial charge in [0.2, 0.25) is 0 Å². The number of nitrogens with zero attached hydrogens (tertiary/aromatic N) is 1. The van der Waals surface area contributed by atoms with E-state index in [-0.39, 0.29) is 0 Å². The number of anilines is 1. The molecule has 0 atom stereocenters. The second kappa shape index (κ2) is 6.00. The Bertz CT molecular complexity index is 521. The summed E-state index contributed by atoms with van der Waals surface area (Å²) in [6, 6.07) is 7.92. The Hall–Kier alpha value is -0.955. The van der Waals surface area contributed by atoms with Gasteiger partial charge in [0.15, 0.2) is 0 Å². The average Bonchev–Trinajstić information content (AvgIpc) is 2.42. The Morgan fingerprint density at radius 3 is 2.79 bits per heavy atom. The summed E-state index contributed by atoms with van der Waals surface area (Å²) in [5.74, 6) is 3.01. The number of nitrogens with one attached hydrogen (secondary N) is 1. The molecule has 1 saturated heterocycles. The standard InChI is InChI=1S/C14H18BBrN2O/c1-3-14(8-10-18(11-9-14)15(2)19)17-13-7-5-4-6-12(13)16/h1,4-7,17,19H,8-11H2,2H3/i1T. The third kappa shape index (κ3) is 3.33. The van der Waals surface area contributed by atoms with E-state index in [1.807, 2.05) is 29.1 Å². The van der Waals surface area contributed by atoms with Crippen LogP contribution in [0, 0.1) is 12.3 Å². The Labute approximate surface area is 125 Å². The van der Waals surface area contributed by atoms with Crippen LogP contribution in [0.1, 0.15) is 14.2 Å². The zero-order valence-electron chi connectivity index (χ0n) is 12.0. The molecule has 1 aliphatic heterocycles. The number of para-hydroxylation sites is 1. The summed E-state index contributed by atoms with van der Waals surface area (Å²) in [5.41, 5.74) is 0.595. The molecular weight excluding hydrogens is 303 g/mol. The third-order valence-electron chi connectivity index (χ3n) is 3.67. The minimum Gasteiger partial charge on any atom is -0.437 e. The van der Waals surface area contributed by atoms with Crippen molar-refractivity contribution in [3.63, 3.8) is 0 Å². The molecule has 5 heteroatoms. The molecule has 19 heavy (non-hydrogen) atoms. The first kappa shape index (κ1) is 13.0. The van der Waals surface area contributed by atoms with E-state index in [0.29, 0.717) is 0 Å². The third-order valence-corrected chi connectivity index (χ3v) is 4.36. The summed E-state index contributed by atoms with van der Waals surface area (Å²) < 4.78 is 8.23. The van der Waals surface area contributed by atoms with Crippen molar-refractivity contribution in [2.75, 3.05) is 18.4 Å². The van der Waals surface area contributed by atoms with Crippen LogP contribution in [-0.4, -0.2) is 35.5 Å². The Morgan fingerprint density at radius 1 is 1.53 bits per heavy atom. The van der Waals surface area contributed by atoms with Crippen LogP contribution in [0.15, 0.2) is 28.7 Å². The number of hydrogen-bond donors (Lipinski definition) is 2. The minimum atomic E-state index is -0.430. The van der Waals surface area contributed by atoms with Gasteiger partial charge >= 0.3 is 7.05 Å². The maximum absolute atomic E-state index is 9.64. The van der Waals surface area contributed by atoms with Crippen molar-refractivity contribution in [1.29, 1.82) is 0 Å². The molecule has 100 valence electrons. The normalized spacial score (nSPS) is 19.0. The molecule has 0 unspecified atom stereocenters. The van der Waals surface area contributed by atoms with E-state index in [2.05, 4.69) is 33.6 Å². The lowest BCUT2D eigenvalue weighted by molar-refractivity contribution is 0.269. The van der Waals surface area contributed by atoms with E-state index in [1.165, 1.54) is 0 Å². The van der Waals surface area contributed by atoms with Crippen LogP contribution in [-0.2, 0) is 0 Å². The van der Waals surface area contributed by atoms with Crippen molar-refractivity contribution in [2.45, 2.75) is 25.2 Å². The Balaban J connectivity index is 2.16. The highest BCUT2D eigenvalue weighted by Gasteiger charge is 2.34. The minimum absolute atomic E-state index is 0.392. The van der Waals surface area contributed by atoms with Gasteiger partial charge in [-0.2, -0.15) is 0 Å². The van der Waals surface area contributed by atoms with Crippen LogP contribution in [0.4, 0.5) is 5.69 Å². The van der Waals surface area contributed by atoms with E-state index in [4.69, 9.17) is 1.37 Å². The maximum atomic E-state index is 9.64. The molecule has 1 heterocycles. The fourth-order valence-corrected chi connectivity index (χ4v) is 2.76. The zero-order chi connectivity index (χ0) is 14.6. The molecule has 1 aliphatic rings. The Kier molecular flexibility index (Phi) is 4.12. The summed E-state index contributed by atoms with van der Waals surface area (Å²) in [7, 11) is -0.430. The van der Waals surface area contributed by atoms with Crippen molar-refractivity contribution in [1.82, 2.24) is 4.81 Å². The lowest BCUT2D eigenvalue weighted by Crippen LogP contribution is -2.52. The van der Waals surface area contributed by atoms with Gasteiger partial charge in [0.1, 0.15) is 6.91 Å². The average molecular weight is 323 g/mol. The second-order valence-electron chi connectivity index (χ2n) is 4.98. The fraction of sp³-hybridized carbons (Fsp3) is 0.429. The molecular formula is C14H18BBrN2O. The van der Waals surface area contributed by atoms with E-state index < -0.39 is 12.6 Å². The second-order valence-corrected chi connectivity index (χ2v) is 5.83. The lowest BCUT2D eigenvalue weighted by Gasteiger charge is -2.40. The van der Waals surface area contributed by atoms with E-state index >= 15 is 0 Å². The smallest absolute Gasteiger partial charge is 0.376 e. The van der Waals surface area contributed by atoms with Crippen LogP contribution >= 0.6 is 15.9 Å². The first-order valence-corrected chi connectivity index (χ1v) is 7.24. The largest absolute Gasteiger partial charge is 0.437 e. The Morgan fingerprint density at radius 2 is 2.21 bits per heavy atom. The number of rotatable bonds is 3. The molecule has 1 aromatic carbocycles. The molecule has 0 radical (unpaired) electrons.